The number of nitriles is 1. The summed E-state index contributed by atoms with van der Waals surface area (Å²) in [5.41, 5.74) is 1.71. The van der Waals surface area contributed by atoms with Crippen LogP contribution in [-0.4, -0.2) is 27.6 Å². The molecule has 4 nitrogen and oxygen atoms in total. The summed E-state index contributed by atoms with van der Waals surface area (Å²) in [6.07, 6.45) is 7.01. The summed E-state index contributed by atoms with van der Waals surface area (Å²) in [5.74, 6) is 0.308. The second-order valence-corrected chi connectivity index (χ2v) is 8.19. The number of hydrogen-bond acceptors (Lipinski definition) is 3. The highest BCUT2D eigenvalue weighted by atomic mass is 35.5. The molecule has 0 radical (unpaired) electrons. The summed E-state index contributed by atoms with van der Waals surface area (Å²) in [6, 6.07) is 7.47. The molecular formula is C22H23ClN2O2. The molecule has 1 heterocycles. The number of halogens is 1. The molecule has 2 aliphatic rings. The van der Waals surface area contributed by atoms with E-state index >= 15 is 0 Å². The number of carbonyl (C=O) groups excluding carboxylic acids is 1. The fourth-order valence-electron chi connectivity index (χ4n) is 3.82. The van der Waals surface area contributed by atoms with Crippen molar-refractivity contribution in [3.63, 3.8) is 0 Å². The van der Waals surface area contributed by atoms with Crippen LogP contribution in [0.5, 0.6) is 0 Å². The van der Waals surface area contributed by atoms with Gasteiger partial charge in [0.1, 0.15) is 0 Å². The van der Waals surface area contributed by atoms with Crippen LogP contribution in [0.2, 0.25) is 0 Å². The van der Waals surface area contributed by atoms with Gasteiger partial charge in [-0.15, -0.1) is 0 Å². The summed E-state index contributed by atoms with van der Waals surface area (Å²) in [6.45, 7) is 7.64. The Kier molecular flexibility index (Phi) is 5.28. The summed E-state index contributed by atoms with van der Waals surface area (Å²) >= 11 is 6.11. The van der Waals surface area contributed by atoms with E-state index in [0.717, 1.165) is 24.0 Å². The monoisotopic (exact) mass is 382 g/mol. The van der Waals surface area contributed by atoms with Crippen LogP contribution >= 0.6 is 11.6 Å². The van der Waals surface area contributed by atoms with Crippen LogP contribution in [-0.2, 0) is 6.54 Å². The Labute approximate surface area is 165 Å². The third-order valence-electron chi connectivity index (χ3n) is 5.00. The molecule has 1 aromatic carbocycles. The first-order valence-electron chi connectivity index (χ1n) is 9.02. The summed E-state index contributed by atoms with van der Waals surface area (Å²) in [4.78, 5) is 15.0. The zero-order chi connectivity index (χ0) is 19.8. The first-order valence-corrected chi connectivity index (χ1v) is 9.39. The van der Waals surface area contributed by atoms with E-state index in [9.17, 15) is 9.90 Å². The number of fused-ring (bicyclic) bond motifs is 1. The second-order valence-electron chi connectivity index (χ2n) is 7.75. The normalized spacial score (nSPS) is 18.6. The van der Waals surface area contributed by atoms with Crippen molar-refractivity contribution in [2.45, 2.75) is 44.9 Å². The number of benzene rings is 1. The van der Waals surface area contributed by atoms with Gasteiger partial charge in [-0.2, -0.15) is 5.26 Å². The topological polar surface area (TPSA) is 64.3 Å². The third kappa shape index (κ3) is 4.16. The van der Waals surface area contributed by atoms with Gasteiger partial charge in [-0.25, -0.2) is 0 Å². The van der Waals surface area contributed by atoms with Gasteiger partial charge < -0.3 is 10.0 Å². The third-order valence-corrected chi connectivity index (χ3v) is 5.24. The van der Waals surface area contributed by atoms with Gasteiger partial charge in [-0.3, -0.25) is 4.79 Å². The number of nitrogens with zero attached hydrogens (tertiary/aromatic N) is 2. The van der Waals surface area contributed by atoms with Crippen molar-refractivity contribution in [2.24, 2.45) is 5.92 Å². The smallest absolute Gasteiger partial charge is 0.255 e. The number of rotatable bonds is 6. The van der Waals surface area contributed by atoms with E-state index in [1.807, 2.05) is 29.2 Å². The first kappa shape index (κ1) is 19.4. The SMILES string of the molecule is C=C(C#N)/C=C(Cl)\C=C\c1cccc2c1C(=O)N([C@H](C1CC1)C(C)(C)O)C2. The molecule has 5 heteroatoms. The number of amides is 1. The molecule has 0 bridgehead atoms. The lowest BCUT2D eigenvalue weighted by molar-refractivity contribution is -0.0224. The second kappa shape index (κ2) is 7.34. The Hall–Kier alpha value is -2.35. The molecule has 1 atom stereocenters. The fraction of sp³-hybridized carbons (Fsp3) is 0.364. The van der Waals surface area contributed by atoms with Crippen LogP contribution < -0.4 is 0 Å². The van der Waals surface area contributed by atoms with E-state index in [1.54, 1.807) is 26.0 Å². The highest BCUT2D eigenvalue weighted by Crippen LogP contribution is 2.43. The molecule has 0 saturated heterocycles. The summed E-state index contributed by atoms with van der Waals surface area (Å²) in [5, 5.41) is 19.8. The maximum atomic E-state index is 13.2. The largest absolute Gasteiger partial charge is 0.388 e. The molecule has 1 aliphatic heterocycles. The zero-order valence-corrected chi connectivity index (χ0v) is 16.3. The van der Waals surface area contributed by atoms with E-state index in [2.05, 4.69) is 6.58 Å². The maximum absolute atomic E-state index is 13.2. The van der Waals surface area contributed by atoms with Gasteiger partial charge in [-0.1, -0.05) is 42.5 Å². The van der Waals surface area contributed by atoms with Crippen molar-refractivity contribution < 1.29 is 9.90 Å². The van der Waals surface area contributed by atoms with Gasteiger partial charge in [0, 0.05) is 17.2 Å². The molecule has 3 rings (SSSR count). The van der Waals surface area contributed by atoms with Crippen molar-refractivity contribution in [3.8, 4) is 6.07 Å². The minimum atomic E-state index is -0.946. The van der Waals surface area contributed by atoms with Gasteiger partial charge in [-0.05, 0) is 55.9 Å². The first-order chi connectivity index (χ1) is 12.7. The summed E-state index contributed by atoms with van der Waals surface area (Å²) < 4.78 is 0. The van der Waals surface area contributed by atoms with Crippen molar-refractivity contribution in [3.05, 3.63) is 64.2 Å². The number of aliphatic hydroxyl groups is 1. The summed E-state index contributed by atoms with van der Waals surface area (Å²) in [7, 11) is 0. The molecule has 0 spiro atoms. The highest BCUT2D eigenvalue weighted by Gasteiger charge is 2.47. The van der Waals surface area contributed by atoms with E-state index in [1.165, 1.54) is 6.08 Å². The molecule has 0 unspecified atom stereocenters. The molecular weight excluding hydrogens is 360 g/mol. The quantitative estimate of drug-likeness (QED) is 0.585. The molecule has 1 amide bonds. The van der Waals surface area contributed by atoms with E-state index in [4.69, 9.17) is 16.9 Å². The lowest BCUT2D eigenvalue weighted by Gasteiger charge is -2.37. The Morgan fingerprint density at radius 1 is 1.48 bits per heavy atom. The Morgan fingerprint density at radius 2 is 2.19 bits per heavy atom. The maximum Gasteiger partial charge on any atom is 0.255 e. The number of allylic oxidation sites excluding steroid dienone is 4. The van der Waals surface area contributed by atoms with Crippen LogP contribution in [0.15, 0.2) is 47.5 Å². The molecule has 1 aliphatic carbocycles. The van der Waals surface area contributed by atoms with Crippen LogP contribution in [0.3, 0.4) is 0 Å². The van der Waals surface area contributed by atoms with E-state index < -0.39 is 5.60 Å². The Bertz CT molecular complexity index is 883. The van der Waals surface area contributed by atoms with Gasteiger partial charge in [0.25, 0.3) is 5.91 Å². The number of hydrogen-bond donors (Lipinski definition) is 1. The molecule has 1 fully saturated rings. The molecule has 1 saturated carbocycles. The average molecular weight is 383 g/mol. The average Bonchev–Trinajstić information content (AvgIpc) is 3.36. The molecule has 27 heavy (non-hydrogen) atoms. The van der Waals surface area contributed by atoms with Crippen molar-refractivity contribution in [2.75, 3.05) is 0 Å². The van der Waals surface area contributed by atoms with Crippen LogP contribution in [0, 0.1) is 17.2 Å². The molecule has 140 valence electrons. The lowest BCUT2D eigenvalue weighted by Crippen LogP contribution is -2.51. The van der Waals surface area contributed by atoms with Gasteiger partial charge in [0.2, 0.25) is 0 Å². The van der Waals surface area contributed by atoms with Crippen molar-refractivity contribution in [1.82, 2.24) is 4.90 Å². The molecule has 1 N–H and O–H groups in total. The predicted octanol–water partition coefficient (Wildman–Crippen LogP) is 4.41. The van der Waals surface area contributed by atoms with Gasteiger partial charge in [0.05, 0.1) is 23.3 Å². The predicted molar refractivity (Wildman–Crippen MR) is 107 cm³/mol. The lowest BCUT2D eigenvalue weighted by atomic mass is 9.93. The van der Waals surface area contributed by atoms with Crippen LogP contribution in [0.4, 0.5) is 0 Å². The molecule has 1 aromatic rings. The molecule has 0 aromatic heterocycles. The van der Waals surface area contributed by atoms with Gasteiger partial charge in [0.15, 0.2) is 0 Å². The fourth-order valence-corrected chi connectivity index (χ4v) is 4.01. The highest BCUT2D eigenvalue weighted by molar-refractivity contribution is 6.31. The zero-order valence-electron chi connectivity index (χ0n) is 15.6. The van der Waals surface area contributed by atoms with Crippen LogP contribution in [0.1, 0.15) is 48.2 Å². The van der Waals surface area contributed by atoms with Gasteiger partial charge >= 0.3 is 0 Å². The van der Waals surface area contributed by atoms with Crippen LogP contribution in [0.25, 0.3) is 6.08 Å². The van der Waals surface area contributed by atoms with E-state index in [-0.39, 0.29) is 17.5 Å². The Morgan fingerprint density at radius 3 is 2.78 bits per heavy atom. The standard InChI is InChI=1S/C22H23ClN2O2/c1-14(12-24)11-18(23)10-9-15-5-4-6-17-13-25(21(26)19(15)17)20(16-7-8-16)22(2,3)27/h4-6,9-11,16,20,27H,1,7-8,13H2,2-3H3/b10-9+,18-11+/t20-/m1/s1. The van der Waals surface area contributed by atoms with E-state index in [0.29, 0.717) is 23.1 Å². The minimum absolute atomic E-state index is 0.0502. The number of carbonyl (C=O) groups is 1. The Balaban J connectivity index is 1.90. The minimum Gasteiger partial charge on any atom is -0.388 e. The van der Waals surface area contributed by atoms with Crippen molar-refractivity contribution >= 4 is 23.6 Å². The van der Waals surface area contributed by atoms with Crippen molar-refractivity contribution in [1.29, 1.82) is 5.26 Å².